The predicted octanol–water partition coefficient (Wildman–Crippen LogP) is 3.62. The molecule has 8 heteroatoms. The first-order chi connectivity index (χ1) is 13.5. The van der Waals surface area contributed by atoms with E-state index in [0.717, 1.165) is 29.0 Å². The first kappa shape index (κ1) is 18.9. The van der Waals surface area contributed by atoms with Crippen molar-refractivity contribution < 1.29 is 13.8 Å². The van der Waals surface area contributed by atoms with Gasteiger partial charge in [-0.2, -0.15) is 9.57 Å². The van der Waals surface area contributed by atoms with Crippen molar-refractivity contribution in [3.8, 4) is 23.1 Å². The standard InChI is InChI=1S/C20H24N4O3S/c1-27-20-8-3-2-7-19(20)16-5-4-6-17(13-16)23-11-12-24(28(23,25)26)18-9-10-22(14-18)15-21/h2-8,13,18,25-26H,9-12,14H2,1H3. The molecule has 7 nitrogen and oxygen atoms in total. The highest BCUT2D eigenvalue weighted by Crippen LogP contribution is 2.55. The van der Waals surface area contributed by atoms with Gasteiger partial charge in [0.15, 0.2) is 6.19 Å². The second kappa shape index (κ2) is 7.53. The third kappa shape index (κ3) is 3.27. The van der Waals surface area contributed by atoms with Gasteiger partial charge < -0.3 is 9.64 Å². The molecule has 2 aromatic rings. The molecule has 2 fully saturated rings. The summed E-state index contributed by atoms with van der Waals surface area (Å²) in [5.41, 5.74) is 2.68. The Labute approximate surface area is 167 Å². The van der Waals surface area contributed by atoms with Gasteiger partial charge in [0.2, 0.25) is 0 Å². The summed E-state index contributed by atoms with van der Waals surface area (Å²) in [5, 5.41) is 9.09. The van der Waals surface area contributed by atoms with E-state index < -0.39 is 11.0 Å². The van der Waals surface area contributed by atoms with Gasteiger partial charge in [-0.05, 0) is 30.2 Å². The second-order valence-electron chi connectivity index (χ2n) is 6.97. The van der Waals surface area contributed by atoms with Gasteiger partial charge in [-0.3, -0.25) is 13.4 Å². The van der Waals surface area contributed by atoms with Gasteiger partial charge in [0, 0.05) is 25.2 Å². The van der Waals surface area contributed by atoms with Crippen molar-refractivity contribution in [2.75, 3.05) is 37.6 Å². The van der Waals surface area contributed by atoms with Gasteiger partial charge in [-0.15, -0.1) is 0 Å². The topological polar surface area (TPSA) is 83.2 Å². The number of ether oxygens (including phenoxy) is 1. The summed E-state index contributed by atoms with van der Waals surface area (Å²) in [6, 6.07) is 15.5. The number of hydrogen-bond donors (Lipinski definition) is 2. The molecule has 2 aliphatic rings. The number of benzene rings is 2. The van der Waals surface area contributed by atoms with Crippen LogP contribution in [0.2, 0.25) is 0 Å². The molecule has 2 N–H and O–H groups in total. The number of rotatable bonds is 4. The van der Waals surface area contributed by atoms with E-state index in [1.165, 1.54) is 0 Å². The quantitative estimate of drug-likeness (QED) is 0.759. The lowest BCUT2D eigenvalue weighted by molar-refractivity contribution is 0.310. The maximum absolute atomic E-state index is 11.0. The van der Waals surface area contributed by atoms with Crippen LogP contribution in [0.15, 0.2) is 48.5 Å². The molecule has 2 saturated heterocycles. The molecule has 0 spiro atoms. The highest BCUT2D eigenvalue weighted by Gasteiger charge is 2.43. The first-order valence-electron chi connectivity index (χ1n) is 9.25. The van der Waals surface area contributed by atoms with Crippen molar-refractivity contribution in [2.24, 2.45) is 0 Å². The van der Waals surface area contributed by atoms with Crippen molar-refractivity contribution in [1.82, 2.24) is 9.21 Å². The summed E-state index contributed by atoms with van der Waals surface area (Å²) in [7, 11) is -1.47. The molecular weight excluding hydrogens is 376 g/mol. The average Bonchev–Trinajstić information content (AvgIpc) is 3.31. The van der Waals surface area contributed by atoms with Crippen LogP contribution in [-0.4, -0.2) is 57.6 Å². The zero-order chi connectivity index (χ0) is 19.7. The number of anilines is 1. The van der Waals surface area contributed by atoms with Crippen molar-refractivity contribution in [2.45, 2.75) is 12.5 Å². The fourth-order valence-corrected chi connectivity index (χ4v) is 5.87. The van der Waals surface area contributed by atoms with Crippen LogP contribution in [0.3, 0.4) is 0 Å². The van der Waals surface area contributed by atoms with E-state index in [2.05, 4.69) is 6.19 Å². The molecule has 2 aliphatic heterocycles. The maximum Gasteiger partial charge on any atom is 0.179 e. The highest BCUT2D eigenvalue weighted by atomic mass is 32.3. The van der Waals surface area contributed by atoms with Crippen molar-refractivity contribution >= 4 is 16.6 Å². The summed E-state index contributed by atoms with van der Waals surface area (Å²) < 4.78 is 30.9. The summed E-state index contributed by atoms with van der Waals surface area (Å²) >= 11 is 0. The SMILES string of the molecule is COc1ccccc1-c1cccc(N2CCN(C3CCN(C#N)C3)S2(O)O)c1. The molecular formula is C20H24N4O3S. The number of methoxy groups -OCH3 is 1. The summed E-state index contributed by atoms with van der Waals surface area (Å²) in [6.07, 6.45) is 2.91. The minimum atomic E-state index is -3.11. The van der Waals surface area contributed by atoms with Crippen LogP contribution >= 0.6 is 11.0 Å². The molecule has 0 radical (unpaired) electrons. The number of para-hydroxylation sites is 1. The Kier molecular flexibility index (Phi) is 5.08. The normalized spacial score (nSPS) is 22.9. The Morgan fingerprint density at radius 1 is 1.11 bits per heavy atom. The molecule has 0 aromatic heterocycles. The monoisotopic (exact) mass is 400 g/mol. The predicted molar refractivity (Wildman–Crippen MR) is 111 cm³/mol. The molecule has 2 aromatic carbocycles. The van der Waals surface area contributed by atoms with Crippen LogP contribution in [0, 0.1) is 11.5 Å². The lowest BCUT2D eigenvalue weighted by atomic mass is 10.0. The lowest BCUT2D eigenvalue weighted by Gasteiger charge is -2.45. The molecule has 1 atom stereocenters. The van der Waals surface area contributed by atoms with Gasteiger partial charge in [0.1, 0.15) is 5.75 Å². The Bertz CT molecular complexity index is 901. The van der Waals surface area contributed by atoms with Crippen LogP contribution in [-0.2, 0) is 0 Å². The van der Waals surface area contributed by atoms with Crippen molar-refractivity contribution in [1.29, 1.82) is 5.26 Å². The molecule has 0 amide bonds. The average molecular weight is 401 g/mol. The van der Waals surface area contributed by atoms with Gasteiger partial charge in [-0.1, -0.05) is 41.3 Å². The largest absolute Gasteiger partial charge is 0.496 e. The van der Waals surface area contributed by atoms with Gasteiger partial charge in [-0.25, -0.2) is 0 Å². The third-order valence-corrected chi connectivity index (χ3v) is 7.49. The van der Waals surface area contributed by atoms with Crippen LogP contribution in [0.1, 0.15) is 6.42 Å². The molecule has 0 saturated carbocycles. The Hall–Kier alpha value is -2.44. The lowest BCUT2D eigenvalue weighted by Crippen LogP contribution is -2.38. The summed E-state index contributed by atoms with van der Waals surface area (Å²) in [5.74, 6) is 0.775. The molecule has 0 bridgehead atoms. The first-order valence-corrected chi connectivity index (χ1v) is 10.7. The minimum absolute atomic E-state index is 0.0212. The Balaban J connectivity index is 1.61. The zero-order valence-corrected chi connectivity index (χ0v) is 16.5. The zero-order valence-electron chi connectivity index (χ0n) is 15.7. The van der Waals surface area contributed by atoms with Crippen LogP contribution in [0.5, 0.6) is 5.75 Å². The van der Waals surface area contributed by atoms with E-state index in [1.807, 2.05) is 48.5 Å². The Morgan fingerprint density at radius 3 is 2.68 bits per heavy atom. The number of nitrogens with zero attached hydrogens (tertiary/aromatic N) is 4. The summed E-state index contributed by atoms with van der Waals surface area (Å²) in [6.45, 7) is 2.30. The van der Waals surface area contributed by atoms with E-state index >= 15 is 0 Å². The van der Waals surface area contributed by atoms with E-state index in [9.17, 15) is 9.11 Å². The molecule has 0 aliphatic carbocycles. The van der Waals surface area contributed by atoms with Crippen molar-refractivity contribution in [3.05, 3.63) is 48.5 Å². The minimum Gasteiger partial charge on any atom is -0.496 e. The van der Waals surface area contributed by atoms with E-state index in [-0.39, 0.29) is 6.04 Å². The molecule has 1 unspecified atom stereocenters. The van der Waals surface area contributed by atoms with Crippen LogP contribution < -0.4 is 9.04 Å². The third-order valence-electron chi connectivity index (χ3n) is 5.40. The number of hydrogen-bond acceptors (Lipinski definition) is 7. The van der Waals surface area contributed by atoms with Crippen LogP contribution in [0.25, 0.3) is 11.1 Å². The second-order valence-corrected chi connectivity index (χ2v) is 8.86. The number of nitriles is 1. The molecule has 148 valence electrons. The van der Waals surface area contributed by atoms with E-state index in [1.54, 1.807) is 20.6 Å². The van der Waals surface area contributed by atoms with Crippen molar-refractivity contribution in [3.63, 3.8) is 0 Å². The molecule has 4 rings (SSSR count). The molecule has 28 heavy (non-hydrogen) atoms. The van der Waals surface area contributed by atoms with Gasteiger partial charge in [0.25, 0.3) is 0 Å². The van der Waals surface area contributed by atoms with Gasteiger partial charge in [0.05, 0.1) is 25.4 Å². The van der Waals surface area contributed by atoms with Gasteiger partial charge >= 0.3 is 0 Å². The molecule has 2 heterocycles. The highest BCUT2D eigenvalue weighted by molar-refractivity contribution is 8.23. The van der Waals surface area contributed by atoms with Crippen LogP contribution in [0.4, 0.5) is 5.69 Å². The summed E-state index contributed by atoms with van der Waals surface area (Å²) in [4.78, 5) is 1.67. The van der Waals surface area contributed by atoms with E-state index in [4.69, 9.17) is 10.00 Å². The smallest absolute Gasteiger partial charge is 0.179 e. The number of likely N-dealkylation sites (tertiary alicyclic amines) is 1. The fraction of sp³-hybridized carbons (Fsp3) is 0.350. The maximum atomic E-state index is 11.0. The Morgan fingerprint density at radius 2 is 1.93 bits per heavy atom. The fourth-order valence-electron chi connectivity index (χ4n) is 3.99. The van der Waals surface area contributed by atoms with E-state index in [0.29, 0.717) is 26.2 Å².